The highest BCUT2D eigenvalue weighted by Crippen LogP contribution is 2.19. The molecule has 10 heteroatoms. The van der Waals surface area contributed by atoms with Gasteiger partial charge in [-0.15, -0.1) is 5.10 Å². The Kier molecular flexibility index (Phi) is 5.39. The molecule has 0 radical (unpaired) electrons. The average Bonchev–Trinajstić information content (AvgIpc) is 3.57. The third-order valence-corrected chi connectivity index (χ3v) is 5.44. The Labute approximate surface area is 188 Å². The van der Waals surface area contributed by atoms with E-state index in [1.165, 1.54) is 10.9 Å². The number of Topliss-reactive ketones (excluding diaryl/α,β-unsaturated/α-hetero) is 2. The predicted molar refractivity (Wildman–Crippen MR) is 120 cm³/mol. The highest BCUT2D eigenvalue weighted by molar-refractivity contribution is 6.09. The van der Waals surface area contributed by atoms with Crippen molar-refractivity contribution in [1.82, 2.24) is 24.1 Å². The van der Waals surface area contributed by atoms with Crippen molar-refractivity contribution >= 4 is 23.1 Å². The summed E-state index contributed by atoms with van der Waals surface area (Å²) in [5.74, 6) is 0.118. The van der Waals surface area contributed by atoms with Crippen molar-refractivity contribution in [3.63, 3.8) is 0 Å². The summed E-state index contributed by atoms with van der Waals surface area (Å²) >= 11 is 0. The van der Waals surface area contributed by atoms with Gasteiger partial charge in [0.1, 0.15) is 12.2 Å². The molecule has 0 spiro atoms. The van der Waals surface area contributed by atoms with Crippen molar-refractivity contribution in [3.05, 3.63) is 71.9 Å². The SMILES string of the molecule is Cn1ncc(C(=O)CCC2=NN=NC2)c1C(=O)Cc1ccn2cc(-c3ccccc3)nc2n1. The van der Waals surface area contributed by atoms with Gasteiger partial charge in [-0.3, -0.25) is 18.7 Å². The molecule has 5 rings (SSSR count). The first-order valence-electron chi connectivity index (χ1n) is 10.5. The minimum atomic E-state index is -0.228. The summed E-state index contributed by atoms with van der Waals surface area (Å²) < 4.78 is 3.26. The first-order valence-corrected chi connectivity index (χ1v) is 10.5. The molecule has 164 valence electrons. The van der Waals surface area contributed by atoms with E-state index in [0.29, 0.717) is 30.0 Å². The quantitative estimate of drug-likeness (QED) is 0.389. The number of hydrogen-bond acceptors (Lipinski definition) is 8. The normalized spacial score (nSPS) is 12.9. The molecule has 1 aromatic carbocycles. The van der Waals surface area contributed by atoms with Crippen molar-refractivity contribution in [3.8, 4) is 11.3 Å². The number of ketones is 2. The lowest BCUT2D eigenvalue weighted by molar-refractivity contribution is 0.0950. The van der Waals surface area contributed by atoms with Crippen LogP contribution >= 0.6 is 0 Å². The summed E-state index contributed by atoms with van der Waals surface area (Å²) in [6.45, 7) is 0.417. The monoisotopic (exact) mass is 440 g/mol. The first kappa shape index (κ1) is 20.6. The summed E-state index contributed by atoms with van der Waals surface area (Å²) in [4.78, 5) is 35.0. The molecule has 4 aromatic rings. The lowest BCUT2D eigenvalue weighted by Gasteiger charge is -2.05. The summed E-state index contributed by atoms with van der Waals surface area (Å²) in [6, 6.07) is 11.6. The lowest BCUT2D eigenvalue weighted by atomic mass is 10.0. The van der Waals surface area contributed by atoms with Gasteiger partial charge in [-0.05, 0) is 17.7 Å². The number of carbonyl (C=O) groups excluding carboxylic acids is 2. The van der Waals surface area contributed by atoms with Gasteiger partial charge < -0.3 is 0 Å². The molecule has 0 saturated carbocycles. The van der Waals surface area contributed by atoms with Gasteiger partial charge in [0.05, 0.1) is 35.3 Å². The van der Waals surface area contributed by atoms with Crippen molar-refractivity contribution in [1.29, 1.82) is 0 Å². The third kappa shape index (κ3) is 4.22. The van der Waals surface area contributed by atoms with Crippen molar-refractivity contribution in [2.75, 3.05) is 6.54 Å². The Morgan fingerprint density at radius 3 is 2.70 bits per heavy atom. The topological polar surface area (TPSA) is 119 Å². The Morgan fingerprint density at radius 1 is 1.06 bits per heavy atom. The van der Waals surface area contributed by atoms with Crippen LogP contribution in [0.25, 0.3) is 17.0 Å². The van der Waals surface area contributed by atoms with Crippen molar-refractivity contribution in [2.45, 2.75) is 19.3 Å². The van der Waals surface area contributed by atoms with E-state index >= 15 is 0 Å². The van der Waals surface area contributed by atoms with Gasteiger partial charge in [0.25, 0.3) is 0 Å². The number of benzene rings is 1. The van der Waals surface area contributed by atoms with Gasteiger partial charge in [0.15, 0.2) is 11.6 Å². The van der Waals surface area contributed by atoms with E-state index in [1.54, 1.807) is 13.1 Å². The fraction of sp³-hybridized carbons (Fsp3) is 0.217. The average molecular weight is 440 g/mol. The van der Waals surface area contributed by atoms with E-state index in [2.05, 4.69) is 30.5 Å². The Bertz CT molecular complexity index is 1420. The fourth-order valence-electron chi connectivity index (χ4n) is 3.74. The minimum Gasteiger partial charge on any atom is -0.294 e. The summed E-state index contributed by atoms with van der Waals surface area (Å²) in [5, 5.41) is 15.4. The van der Waals surface area contributed by atoms with Gasteiger partial charge in [0.2, 0.25) is 5.78 Å². The molecule has 1 aliphatic rings. The zero-order valence-corrected chi connectivity index (χ0v) is 17.9. The van der Waals surface area contributed by atoms with Crippen LogP contribution in [0.15, 0.2) is 70.4 Å². The number of aryl methyl sites for hydroxylation is 1. The summed E-state index contributed by atoms with van der Waals surface area (Å²) in [5.41, 5.74) is 3.71. The van der Waals surface area contributed by atoms with Gasteiger partial charge in [-0.25, -0.2) is 9.97 Å². The lowest BCUT2D eigenvalue weighted by Crippen LogP contribution is -2.16. The van der Waals surface area contributed by atoms with Gasteiger partial charge in [-0.2, -0.15) is 10.2 Å². The number of rotatable bonds is 8. The van der Waals surface area contributed by atoms with Crippen LogP contribution < -0.4 is 0 Å². The second-order valence-corrected chi connectivity index (χ2v) is 7.73. The van der Waals surface area contributed by atoms with Crippen molar-refractivity contribution < 1.29 is 9.59 Å². The Morgan fingerprint density at radius 2 is 1.91 bits per heavy atom. The van der Waals surface area contributed by atoms with Crippen LogP contribution in [0.3, 0.4) is 0 Å². The maximum Gasteiger partial charge on any atom is 0.234 e. The molecule has 0 N–H and O–H groups in total. The number of nitrogens with zero attached hydrogens (tertiary/aromatic N) is 8. The third-order valence-electron chi connectivity index (χ3n) is 5.44. The number of imidazole rings is 1. The van der Waals surface area contributed by atoms with Crippen LogP contribution in [-0.2, 0) is 13.5 Å². The van der Waals surface area contributed by atoms with Gasteiger partial charge in [-0.1, -0.05) is 30.3 Å². The second kappa shape index (κ2) is 8.65. The van der Waals surface area contributed by atoms with E-state index in [-0.39, 0.29) is 30.1 Å². The molecule has 33 heavy (non-hydrogen) atoms. The van der Waals surface area contributed by atoms with E-state index in [4.69, 9.17) is 0 Å². The number of carbonyl (C=O) groups is 2. The predicted octanol–water partition coefficient (Wildman–Crippen LogP) is 3.34. The summed E-state index contributed by atoms with van der Waals surface area (Å²) in [6.07, 6.45) is 5.88. The fourth-order valence-corrected chi connectivity index (χ4v) is 3.74. The largest absolute Gasteiger partial charge is 0.294 e. The Hall–Kier alpha value is -4.34. The number of aromatic nitrogens is 5. The zero-order valence-electron chi connectivity index (χ0n) is 17.9. The van der Waals surface area contributed by atoms with Gasteiger partial charge in [0, 0.05) is 31.4 Å². The highest BCUT2D eigenvalue weighted by atomic mass is 16.1. The minimum absolute atomic E-state index is 0.0360. The molecule has 0 fully saturated rings. The first-order chi connectivity index (χ1) is 16.1. The van der Waals surface area contributed by atoms with Crippen LogP contribution in [0.2, 0.25) is 0 Å². The highest BCUT2D eigenvalue weighted by Gasteiger charge is 2.23. The second-order valence-electron chi connectivity index (χ2n) is 7.73. The molecule has 1 aliphatic heterocycles. The molecule has 0 amide bonds. The molecule has 0 unspecified atom stereocenters. The molecular formula is C23H20N8O2. The summed E-state index contributed by atoms with van der Waals surface area (Å²) in [7, 11) is 1.65. The number of fused-ring (bicyclic) bond motifs is 1. The number of hydrogen-bond donors (Lipinski definition) is 0. The van der Waals surface area contributed by atoms with Crippen LogP contribution in [0.5, 0.6) is 0 Å². The van der Waals surface area contributed by atoms with Crippen LogP contribution in [0.1, 0.15) is 39.4 Å². The molecule has 4 heterocycles. The molecule has 0 aliphatic carbocycles. The van der Waals surface area contributed by atoms with E-state index in [0.717, 1.165) is 17.0 Å². The van der Waals surface area contributed by atoms with Crippen LogP contribution in [0.4, 0.5) is 0 Å². The van der Waals surface area contributed by atoms with E-state index in [1.807, 2.05) is 47.1 Å². The molecule has 0 saturated heterocycles. The molecular weight excluding hydrogens is 420 g/mol. The zero-order chi connectivity index (χ0) is 22.8. The molecule has 10 nitrogen and oxygen atoms in total. The standard InChI is InChI=1S/C23H20N8O2/c1-30-22(18(13-25-30)20(32)8-7-17-12-24-29-28-17)21(33)11-16-9-10-31-14-19(27-23(31)26-16)15-5-3-2-4-6-15/h2-6,9-10,13-14H,7-8,11-12H2,1H3. The van der Waals surface area contributed by atoms with Crippen LogP contribution in [-0.4, -0.2) is 48.0 Å². The van der Waals surface area contributed by atoms with E-state index < -0.39 is 0 Å². The molecule has 3 aromatic heterocycles. The molecule has 0 bridgehead atoms. The van der Waals surface area contributed by atoms with Crippen LogP contribution in [0, 0.1) is 0 Å². The van der Waals surface area contributed by atoms with Crippen molar-refractivity contribution in [2.24, 2.45) is 22.5 Å². The van der Waals surface area contributed by atoms with Gasteiger partial charge >= 0.3 is 0 Å². The molecule has 0 atom stereocenters. The van der Waals surface area contributed by atoms with E-state index in [9.17, 15) is 9.59 Å². The maximum atomic E-state index is 13.1. The maximum absolute atomic E-state index is 13.1. The smallest absolute Gasteiger partial charge is 0.234 e. The Balaban J connectivity index is 1.34.